The number of anilines is 1. The second-order valence-corrected chi connectivity index (χ2v) is 5.13. The molecule has 0 atom stereocenters. The van der Waals surface area contributed by atoms with Gasteiger partial charge >= 0.3 is 5.97 Å². The van der Waals surface area contributed by atoms with E-state index in [0.29, 0.717) is 23.9 Å². The second-order valence-electron chi connectivity index (χ2n) is 4.29. The predicted molar refractivity (Wildman–Crippen MR) is 80.8 cm³/mol. The van der Waals surface area contributed by atoms with E-state index in [2.05, 4.69) is 10.9 Å². The molecule has 4 nitrogen and oxygen atoms in total. The molecule has 0 aliphatic rings. The molecule has 1 aromatic heterocycles. The Kier molecular flexibility index (Phi) is 4.90. The predicted octanol–water partition coefficient (Wildman–Crippen LogP) is 2.86. The van der Waals surface area contributed by atoms with Crippen LogP contribution in [-0.2, 0) is 4.79 Å². The topological polar surface area (TPSA) is 53.4 Å². The van der Waals surface area contributed by atoms with Crippen molar-refractivity contribution in [1.82, 2.24) is 4.98 Å². The summed E-state index contributed by atoms with van der Waals surface area (Å²) in [5.74, 6) is 1.31. The van der Waals surface area contributed by atoms with Gasteiger partial charge in [0.2, 0.25) is 0 Å². The number of benzene rings is 1. The highest BCUT2D eigenvalue weighted by molar-refractivity contribution is 7.14. The number of aromatic nitrogens is 1. The van der Waals surface area contributed by atoms with Crippen molar-refractivity contribution < 1.29 is 14.3 Å². The van der Waals surface area contributed by atoms with E-state index >= 15 is 0 Å². The van der Waals surface area contributed by atoms with E-state index in [1.807, 2.05) is 5.38 Å². The highest BCUT2D eigenvalue weighted by Gasteiger charge is 2.12. The molecule has 1 N–H and O–H groups in total. The van der Waals surface area contributed by atoms with Crippen molar-refractivity contribution in [2.24, 2.45) is 0 Å². The summed E-state index contributed by atoms with van der Waals surface area (Å²) < 4.78 is 12.9. The number of hydrogen-bond acceptors (Lipinski definition) is 4. The summed E-state index contributed by atoms with van der Waals surface area (Å²) in [5.41, 5.74) is 1.52. The van der Waals surface area contributed by atoms with Gasteiger partial charge in [-0.1, -0.05) is 5.92 Å². The first-order valence-corrected chi connectivity index (χ1v) is 7.10. The van der Waals surface area contributed by atoms with E-state index in [9.17, 15) is 9.18 Å². The molecule has 0 fully saturated rings. The summed E-state index contributed by atoms with van der Waals surface area (Å²) in [6.07, 6.45) is 5.30. The van der Waals surface area contributed by atoms with Crippen molar-refractivity contribution in [2.45, 2.75) is 6.42 Å². The quantitative estimate of drug-likeness (QED) is 0.834. The van der Waals surface area contributed by atoms with E-state index < -0.39 is 5.97 Å². The average Bonchev–Trinajstić information content (AvgIpc) is 2.93. The van der Waals surface area contributed by atoms with Crippen molar-refractivity contribution in [3.8, 4) is 23.6 Å². The lowest BCUT2D eigenvalue weighted by Crippen LogP contribution is -2.26. The van der Waals surface area contributed by atoms with Crippen LogP contribution in [0.15, 0.2) is 29.6 Å². The van der Waals surface area contributed by atoms with Crippen LogP contribution in [0.1, 0.15) is 6.42 Å². The molecule has 6 heteroatoms. The molecular weight excluding hydrogens is 291 g/mol. The van der Waals surface area contributed by atoms with Crippen LogP contribution in [0.3, 0.4) is 0 Å². The molecule has 108 valence electrons. The summed E-state index contributed by atoms with van der Waals surface area (Å²) in [6.45, 7) is 0.597. The maximum absolute atomic E-state index is 12.9. The molecule has 0 aliphatic carbocycles. The molecule has 1 heterocycles. The highest BCUT2D eigenvalue weighted by atomic mass is 32.1. The molecule has 0 bridgehead atoms. The Balaban J connectivity index is 2.17. The zero-order valence-electron chi connectivity index (χ0n) is 11.1. The van der Waals surface area contributed by atoms with Gasteiger partial charge in [-0.25, -0.2) is 9.37 Å². The van der Waals surface area contributed by atoms with Gasteiger partial charge in [-0.2, -0.15) is 0 Å². The molecule has 0 saturated carbocycles. The SMILES string of the molecule is C#CCN(CCC(=O)O)c1nc(-c2ccc(F)cc2)cs1. The Morgan fingerprint density at radius 1 is 1.43 bits per heavy atom. The van der Waals surface area contributed by atoms with Gasteiger partial charge in [-0.3, -0.25) is 4.79 Å². The summed E-state index contributed by atoms with van der Waals surface area (Å²) in [5, 5.41) is 11.3. The molecule has 21 heavy (non-hydrogen) atoms. The lowest BCUT2D eigenvalue weighted by molar-refractivity contribution is -0.136. The second kappa shape index (κ2) is 6.86. The minimum atomic E-state index is -0.882. The van der Waals surface area contributed by atoms with Crippen LogP contribution in [0.5, 0.6) is 0 Å². The summed E-state index contributed by atoms with van der Waals surface area (Å²) in [4.78, 5) is 16.8. The van der Waals surface area contributed by atoms with Crippen LogP contribution in [0, 0.1) is 18.2 Å². The maximum Gasteiger partial charge on any atom is 0.305 e. The number of nitrogens with zero attached hydrogens (tertiary/aromatic N) is 2. The fourth-order valence-electron chi connectivity index (χ4n) is 1.75. The fraction of sp³-hybridized carbons (Fsp3) is 0.200. The van der Waals surface area contributed by atoms with Crippen molar-refractivity contribution in [2.75, 3.05) is 18.0 Å². The van der Waals surface area contributed by atoms with Crippen molar-refractivity contribution >= 4 is 22.4 Å². The normalized spacial score (nSPS) is 10.1. The van der Waals surface area contributed by atoms with Crippen molar-refractivity contribution in [3.05, 3.63) is 35.5 Å². The molecule has 0 radical (unpaired) electrons. The summed E-state index contributed by atoms with van der Waals surface area (Å²) in [6, 6.07) is 6.05. The van der Waals surface area contributed by atoms with Gasteiger partial charge < -0.3 is 10.0 Å². The maximum atomic E-state index is 12.9. The third-order valence-electron chi connectivity index (χ3n) is 2.78. The molecular formula is C15H13FN2O2S. The average molecular weight is 304 g/mol. The van der Waals surface area contributed by atoms with Gasteiger partial charge in [0.25, 0.3) is 0 Å². The number of carboxylic acids is 1. The third-order valence-corrected chi connectivity index (χ3v) is 3.68. The Bertz CT molecular complexity index is 661. The number of aliphatic carboxylic acids is 1. The number of hydrogen-bond donors (Lipinski definition) is 1. The van der Waals surface area contributed by atoms with E-state index in [1.165, 1.54) is 23.5 Å². The molecule has 0 amide bonds. The number of thiazole rings is 1. The zero-order chi connectivity index (χ0) is 15.2. The van der Waals surface area contributed by atoms with E-state index in [-0.39, 0.29) is 12.2 Å². The Morgan fingerprint density at radius 3 is 2.76 bits per heavy atom. The van der Waals surface area contributed by atoms with Crippen LogP contribution < -0.4 is 4.90 Å². The number of halogens is 1. The van der Waals surface area contributed by atoms with Crippen LogP contribution >= 0.6 is 11.3 Å². The van der Waals surface area contributed by atoms with Crippen LogP contribution in [0.25, 0.3) is 11.3 Å². The van der Waals surface area contributed by atoms with Gasteiger partial charge in [-0.15, -0.1) is 17.8 Å². The number of carboxylic acid groups (broad SMARTS) is 1. The molecule has 0 spiro atoms. The van der Waals surface area contributed by atoms with E-state index in [0.717, 1.165) is 5.56 Å². The molecule has 2 aromatic rings. The number of carbonyl (C=O) groups is 1. The van der Waals surface area contributed by atoms with Gasteiger partial charge in [0, 0.05) is 17.5 Å². The molecule has 0 aliphatic heterocycles. The van der Waals surface area contributed by atoms with Crippen molar-refractivity contribution in [1.29, 1.82) is 0 Å². The van der Waals surface area contributed by atoms with Gasteiger partial charge in [0.1, 0.15) is 5.82 Å². The highest BCUT2D eigenvalue weighted by Crippen LogP contribution is 2.27. The molecule has 1 aromatic carbocycles. The summed E-state index contributed by atoms with van der Waals surface area (Å²) >= 11 is 1.38. The first-order valence-electron chi connectivity index (χ1n) is 6.22. The van der Waals surface area contributed by atoms with Crippen LogP contribution in [0.2, 0.25) is 0 Å². The minimum Gasteiger partial charge on any atom is -0.481 e. The Hall–Kier alpha value is -2.39. The smallest absolute Gasteiger partial charge is 0.305 e. The van der Waals surface area contributed by atoms with Crippen LogP contribution in [0.4, 0.5) is 9.52 Å². The van der Waals surface area contributed by atoms with Gasteiger partial charge in [0.05, 0.1) is 18.7 Å². The lowest BCUT2D eigenvalue weighted by atomic mass is 10.2. The van der Waals surface area contributed by atoms with Crippen molar-refractivity contribution in [3.63, 3.8) is 0 Å². The molecule has 2 rings (SSSR count). The van der Waals surface area contributed by atoms with Gasteiger partial charge in [-0.05, 0) is 24.3 Å². The number of rotatable bonds is 6. The summed E-state index contributed by atoms with van der Waals surface area (Å²) in [7, 11) is 0. The standard InChI is InChI=1S/C15H13FN2O2S/c1-2-8-18(9-7-14(19)20)15-17-13(10-21-15)11-3-5-12(16)6-4-11/h1,3-6,10H,7-9H2,(H,19,20). The van der Waals surface area contributed by atoms with E-state index in [4.69, 9.17) is 11.5 Å². The minimum absolute atomic E-state index is 0.00680. The number of terminal acetylenes is 1. The largest absolute Gasteiger partial charge is 0.481 e. The van der Waals surface area contributed by atoms with Gasteiger partial charge in [0.15, 0.2) is 5.13 Å². The Labute approximate surface area is 125 Å². The molecule has 0 unspecified atom stereocenters. The molecule has 0 saturated heterocycles. The first kappa shape index (κ1) is 15.0. The van der Waals surface area contributed by atoms with E-state index in [1.54, 1.807) is 17.0 Å². The van der Waals surface area contributed by atoms with Crippen LogP contribution in [-0.4, -0.2) is 29.1 Å². The fourth-order valence-corrected chi connectivity index (χ4v) is 2.61. The lowest BCUT2D eigenvalue weighted by Gasteiger charge is -2.17. The first-order chi connectivity index (χ1) is 10.1. The monoisotopic (exact) mass is 304 g/mol. The zero-order valence-corrected chi connectivity index (χ0v) is 11.9. The third kappa shape index (κ3) is 4.04. The Morgan fingerprint density at radius 2 is 2.14 bits per heavy atom.